The van der Waals surface area contributed by atoms with Crippen molar-refractivity contribution in [3.63, 3.8) is 0 Å². The van der Waals surface area contributed by atoms with Gasteiger partial charge in [-0.15, -0.1) is 0 Å². The summed E-state index contributed by atoms with van der Waals surface area (Å²) in [5.74, 6) is 0.588. The van der Waals surface area contributed by atoms with Gasteiger partial charge in [-0.3, -0.25) is 0 Å². The van der Waals surface area contributed by atoms with Crippen LogP contribution in [0.3, 0.4) is 0 Å². The van der Waals surface area contributed by atoms with Crippen LogP contribution in [0.5, 0.6) is 0 Å². The van der Waals surface area contributed by atoms with Gasteiger partial charge in [0, 0.05) is 5.39 Å². The molecule has 3 rings (SSSR count). The zero-order valence-corrected chi connectivity index (χ0v) is 9.04. The van der Waals surface area contributed by atoms with Crippen LogP contribution in [0, 0.1) is 0 Å². The molecular formula is C13H10N4. The molecule has 0 aliphatic rings. The Labute approximate surface area is 98.2 Å². The molecular weight excluding hydrogens is 212 g/mol. The largest absolute Gasteiger partial charge is 0.396 e. The predicted molar refractivity (Wildman–Crippen MR) is 67.2 cm³/mol. The molecule has 3 aromatic rings. The molecule has 0 saturated carbocycles. The van der Waals surface area contributed by atoms with Gasteiger partial charge in [-0.2, -0.15) is 0 Å². The molecule has 0 saturated heterocycles. The Morgan fingerprint density at radius 3 is 2.47 bits per heavy atom. The molecule has 0 fully saturated rings. The number of aromatic nitrogens is 3. The minimum atomic E-state index is 0.550. The molecule has 0 spiro atoms. The fourth-order valence-corrected chi connectivity index (χ4v) is 1.66. The van der Waals surface area contributed by atoms with E-state index in [0.717, 1.165) is 16.6 Å². The summed E-state index contributed by atoms with van der Waals surface area (Å²) in [6, 6.07) is 11.9. The van der Waals surface area contributed by atoms with Gasteiger partial charge in [0.05, 0.1) is 23.6 Å². The minimum absolute atomic E-state index is 0.550. The lowest BCUT2D eigenvalue weighted by molar-refractivity contribution is 1.15. The van der Waals surface area contributed by atoms with E-state index in [2.05, 4.69) is 15.0 Å². The van der Waals surface area contributed by atoms with E-state index < -0.39 is 0 Å². The molecule has 2 heterocycles. The predicted octanol–water partition coefficient (Wildman–Crippen LogP) is 2.27. The molecule has 0 aliphatic heterocycles. The Morgan fingerprint density at radius 1 is 0.882 bits per heavy atom. The number of para-hydroxylation sites is 1. The molecule has 2 N–H and O–H groups in total. The quantitative estimate of drug-likeness (QED) is 0.686. The van der Waals surface area contributed by atoms with Crippen molar-refractivity contribution < 1.29 is 0 Å². The summed E-state index contributed by atoms with van der Waals surface area (Å²) in [7, 11) is 0. The number of nitrogens with zero attached hydrogens (tertiary/aromatic N) is 3. The van der Waals surface area contributed by atoms with Gasteiger partial charge < -0.3 is 5.73 Å². The second-order valence-corrected chi connectivity index (χ2v) is 3.73. The van der Waals surface area contributed by atoms with Crippen molar-refractivity contribution in [2.45, 2.75) is 0 Å². The minimum Gasteiger partial charge on any atom is -0.396 e. The topological polar surface area (TPSA) is 64.7 Å². The number of anilines is 1. The summed E-state index contributed by atoms with van der Waals surface area (Å²) >= 11 is 0. The molecule has 4 heteroatoms. The van der Waals surface area contributed by atoms with Crippen molar-refractivity contribution in [3.8, 4) is 11.5 Å². The third kappa shape index (κ3) is 1.80. The van der Waals surface area contributed by atoms with Gasteiger partial charge in [0.15, 0.2) is 5.82 Å². The Hall–Kier alpha value is -2.49. The molecule has 4 nitrogen and oxygen atoms in total. The fourth-order valence-electron chi connectivity index (χ4n) is 1.66. The lowest BCUT2D eigenvalue weighted by atomic mass is 10.2. The Morgan fingerprint density at radius 2 is 1.65 bits per heavy atom. The van der Waals surface area contributed by atoms with Gasteiger partial charge in [0.25, 0.3) is 0 Å². The van der Waals surface area contributed by atoms with Crippen LogP contribution >= 0.6 is 0 Å². The monoisotopic (exact) mass is 222 g/mol. The van der Waals surface area contributed by atoms with E-state index in [0.29, 0.717) is 11.5 Å². The first kappa shape index (κ1) is 9.72. The standard InChI is InChI=1S/C13H10N4/c14-10-7-15-13(16-8-10)12-6-5-9-3-1-2-4-11(9)17-12/h1-8H,14H2. The number of fused-ring (bicyclic) bond motifs is 1. The van der Waals surface area contributed by atoms with Crippen molar-refractivity contribution in [1.82, 2.24) is 15.0 Å². The van der Waals surface area contributed by atoms with Crippen molar-refractivity contribution in [2.24, 2.45) is 0 Å². The van der Waals surface area contributed by atoms with Crippen LogP contribution in [0.15, 0.2) is 48.8 Å². The van der Waals surface area contributed by atoms with Gasteiger partial charge >= 0.3 is 0 Å². The second kappa shape index (κ2) is 3.83. The first-order valence-electron chi connectivity index (χ1n) is 5.26. The smallest absolute Gasteiger partial charge is 0.178 e. The molecule has 0 aliphatic carbocycles. The SMILES string of the molecule is Nc1cnc(-c2ccc3ccccc3n2)nc1. The first-order valence-corrected chi connectivity index (χ1v) is 5.26. The summed E-state index contributed by atoms with van der Waals surface area (Å²) < 4.78 is 0. The fraction of sp³-hybridized carbons (Fsp3) is 0. The van der Waals surface area contributed by atoms with Gasteiger partial charge in [-0.1, -0.05) is 24.3 Å². The van der Waals surface area contributed by atoms with Crippen molar-refractivity contribution in [2.75, 3.05) is 5.73 Å². The molecule has 1 aromatic carbocycles. The van der Waals surface area contributed by atoms with Crippen molar-refractivity contribution in [3.05, 3.63) is 48.8 Å². The van der Waals surface area contributed by atoms with E-state index >= 15 is 0 Å². The normalized spacial score (nSPS) is 10.6. The molecule has 17 heavy (non-hydrogen) atoms. The van der Waals surface area contributed by atoms with E-state index in [-0.39, 0.29) is 0 Å². The number of hydrogen-bond acceptors (Lipinski definition) is 4. The van der Waals surface area contributed by atoms with E-state index in [9.17, 15) is 0 Å². The molecule has 0 bridgehead atoms. The Kier molecular flexibility index (Phi) is 2.19. The zero-order chi connectivity index (χ0) is 11.7. The summed E-state index contributed by atoms with van der Waals surface area (Å²) in [6.45, 7) is 0. The summed E-state index contributed by atoms with van der Waals surface area (Å²) in [4.78, 5) is 12.8. The second-order valence-electron chi connectivity index (χ2n) is 3.73. The molecule has 0 atom stereocenters. The van der Waals surface area contributed by atoms with Crippen LogP contribution < -0.4 is 5.73 Å². The molecule has 0 amide bonds. The maximum atomic E-state index is 5.55. The highest BCUT2D eigenvalue weighted by Gasteiger charge is 2.03. The summed E-state index contributed by atoms with van der Waals surface area (Å²) in [5, 5.41) is 1.10. The van der Waals surface area contributed by atoms with Crippen LogP contribution in [-0.4, -0.2) is 15.0 Å². The summed E-state index contributed by atoms with van der Waals surface area (Å²) in [6.07, 6.45) is 3.17. The highest BCUT2D eigenvalue weighted by atomic mass is 14.9. The van der Waals surface area contributed by atoms with E-state index in [4.69, 9.17) is 5.73 Å². The van der Waals surface area contributed by atoms with Gasteiger partial charge in [-0.25, -0.2) is 15.0 Å². The Balaban J connectivity index is 2.14. The molecule has 0 unspecified atom stereocenters. The number of nitrogen functional groups attached to an aromatic ring is 1. The van der Waals surface area contributed by atoms with E-state index in [1.165, 1.54) is 0 Å². The van der Waals surface area contributed by atoms with Gasteiger partial charge in [0.1, 0.15) is 5.69 Å². The van der Waals surface area contributed by atoms with Crippen LogP contribution in [0.4, 0.5) is 5.69 Å². The van der Waals surface area contributed by atoms with E-state index in [1.54, 1.807) is 12.4 Å². The van der Waals surface area contributed by atoms with Crippen molar-refractivity contribution in [1.29, 1.82) is 0 Å². The van der Waals surface area contributed by atoms with Crippen LogP contribution in [-0.2, 0) is 0 Å². The average Bonchev–Trinajstić information content (AvgIpc) is 2.39. The number of benzene rings is 1. The number of hydrogen-bond donors (Lipinski definition) is 1. The molecule has 0 radical (unpaired) electrons. The zero-order valence-electron chi connectivity index (χ0n) is 9.04. The summed E-state index contributed by atoms with van der Waals surface area (Å²) in [5.41, 5.74) is 7.79. The van der Waals surface area contributed by atoms with Crippen molar-refractivity contribution >= 4 is 16.6 Å². The number of nitrogens with two attached hydrogens (primary N) is 1. The van der Waals surface area contributed by atoms with Crippen LogP contribution in [0.25, 0.3) is 22.4 Å². The average molecular weight is 222 g/mol. The van der Waals surface area contributed by atoms with Crippen LogP contribution in [0.1, 0.15) is 0 Å². The third-order valence-electron chi connectivity index (χ3n) is 2.50. The lowest BCUT2D eigenvalue weighted by Crippen LogP contribution is -1.94. The first-order chi connectivity index (χ1) is 8.33. The Bertz CT molecular complexity index is 662. The van der Waals surface area contributed by atoms with Gasteiger partial charge in [0.2, 0.25) is 0 Å². The highest BCUT2D eigenvalue weighted by molar-refractivity contribution is 5.80. The van der Waals surface area contributed by atoms with E-state index in [1.807, 2.05) is 36.4 Å². The van der Waals surface area contributed by atoms with Gasteiger partial charge in [-0.05, 0) is 12.1 Å². The van der Waals surface area contributed by atoms with Crippen LogP contribution in [0.2, 0.25) is 0 Å². The maximum Gasteiger partial charge on any atom is 0.178 e. The molecule has 2 aromatic heterocycles. The highest BCUT2D eigenvalue weighted by Crippen LogP contribution is 2.17. The molecule has 82 valence electrons. The number of pyridine rings is 1. The maximum absolute atomic E-state index is 5.55. The number of rotatable bonds is 1. The third-order valence-corrected chi connectivity index (χ3v) is 2.50. The lowest BCUT2D eigenvalue weighted by Gasteiger charge is -2.01.